The smallest absolute Gasteiger partial charge is 0.223 e. The lowest BCUT2D eigenvalue weighted by Crippen LogP contribution is -2.44. The highest BCUT2D eigenvalue weighted by Crippen LogP contribution is 2.32. The molecule has 3 N–H and O–H groups in total. The molecule has 2 unspecified atom stereocenters. The summed E-state index contributed by atoms with van der Waals surface area (Å²) in [7, 11) is 0. The van der Waals surface area contributed by atoms with Gasteiger partial charge in [-0.15, -0.1) is 0 Å². The summed E-state index contributed by atoms with van der Waals surface area (Å²) >= 11 is 0. The largest absolute Gasteiger partial charge is 0.352 e. The molecule has 2 rings (SSSR count). The summed E-state index contributed by atoms with van der Waals surface area (Å²) in [5, 5.41) is 3.01. The zero-order chi connectivity index (χ0) is 13.8. The number of rotatable bonds is 6. The molecule has 19 heavy (non-hydrogen) atoms. The van der Waals surface area contributed by atoms with Crippen molar-refractivity contribution in [1.29, 1.82) is 0 Å². The summed E-state index contributed by atoms with van der Waals surface area (Å²) in [6.07, 6.45) is 2.85. The Bertz CT molecular complexity index is 446. The minimum atomic E-state index is -0.261. The predicted octanol–water partition coefficient (Wildman–Crippen LogP) is 1.86. The first kappa shape index (κ1) is 14.0. The standard InChI is InChI=1S/C15H21FN2O/c1-10(7-11-3-2-4-13(16)8-11)15(19)18-14(9-17)12-5-6-12/h2-4,8,10,12,14H,5-7,9,17H2,1H3,(H,18,19). The molecule has 0 spiro atoms. The lowest BCUT2D eigenvalue weighted by molar-refractivity contribution is -0.125. The maximum Gasteiger partial charge on any atom is 0.223 e. The topological polar surface area (TPSA) is 55.1 Å². The van der Waals surface area contributed by atoms with Crippen molar-refractivity contribution in [2.75, 3.05) is 6.54 Å². The number of halogens is 1. The van der Waals surface area contributed by atoms with Gasteiger partial charge in [0, 0.05) is 18.5 Å². The van der Waals surface area contributed by atoms with E-state index < -0.39 is 0 Å². The van der Waals surface area contributed by atoms with Gasteiger partial charge in [-0.2, -0.15) is 0 Å². The van der Waals surface area contributed by atoms with E-state index in [4.69, 9.17) is 5.73 Å². The van der Waals surface area contributed by atoms with E-state index in [-0.39, 0.29) is 23.7 Å². The van der Waals surface area contributed by atoms with Crippen LogP contribution >= 0.6 is 0 Å². The molecule has 0 aromatic heterocycles. The molecule has 0 radical (unpaired) electrons. The van der Waals surface area contributed by atoms with Gasteiger partial charge in [0.1, 0.15) is 5.82 Å². The lowest BCUT2D eigenvalue weighted by atomic mass is 9.99. The predicted molar refractivity (Wildman–Crippen MR) is 73.0 cm³/mol. The van der Waals surface area contributed by atoms with Crippen LogP contribution in [0.2, 0.25) is 0 Å². The van der Waals surface area contributed by atoms with Crippen molar-refractivity contribution in [2.45, 2.75) is 32.2 Å². The summed E-state index contributed by atoms with van der Waals surface area (Å²) in [6, 6.07) is 6.50. The van der Waals surface area contributed by atoms with Crippen molar-refractivity contribution in [3.63, 3.8) is 0 Å². The summed E-state index contributed by atoms with van der Waals surface area (Å²) in [5.74, 6) is 0.124. The average molecular weight is 264 g/mol. The Balaban J connectivity index is 1.88. The van der Waals surface area contributed by atoms with Gasteiger partial charge in [0.25, 0.3) is 0 Å². The number of hydrogen-bond donors (Lipinski definition) is 2. The monoisotopic (exact) mass is 264 g/mol. The molecule has 0 heterocycles. The molecule has 1 fully saturated rings. The van der Waals surface area contributed by atoms with E-state index in [2.05, 4.69) is 5.32 Å². The number of hydrogen-bond acceptors (Lipinski definition) is 2. The molecular formula is C15H21FN2O. The van der Waals surface area contributed by atoms with E-state index in [1.54, 1.807) is 6.07 Å². The van der Waals surface area contributed by atoms with Crippen molar-refractivity contribution in [2.24, 2.45) is 17.6 Å². The third-order valence-electron chi connectivity index (χ3n) is 3.65. The molecule has 0 aliphatic heterocycles. The molecule has 1 amide bonds. The van der Waals surface area contributed by atoms with Crippen LogP contribution in [0.4, 0.5) is 4.39 Å². The molecule has 1 aliphatic rings. The minimum absolute atomic E-state index is 0.00612. The van der Waals surface area contributed by atoms with Gasteiger partial charge in [0.15, 0.2) is 0 Å². The van der Waals surface area contributed by atoms with E-state index in [1.165, 1.54) is 12.1 Å². The molecule has 1 aromatic rings. The fourth-order valence-electron chi connectivity index (χ4n) is 2.30. The van der Waals surface area contributed by atoms with Gasteiger partial charge < -0.3 is 11.1 Å². The van der Waals surface area contributed by atoms with Crippen molar-refractivity contribution >= 4 is 5.91 Å². The van der Waals surface area contributed by atoms with Gasteiger partial charge in [-0.3, -0.25) is 4.79 Å². The van der Waals surface area contributed by atoms with Gasteiger partial charge in [-0.1, -0.05) is 19.1 Å². The Hall–Kier alpha value is -1.42. The number of amides is 1. The van der Waals surface area contributed by atoms with Gasteiger partial charge in [0.2, 0.25) is 5.91 Å². The fourth-order valence-corrected chi connectivity index (χ4v) is 2.30. The summed E-state index contributed by atoms with van der Waals surface area (Å²) < 4.78 is 13.1. The normalized spacial score (nSPS) is 17.8. The number of nitrogens with one attached hydrogen (secondary N) is 1. The molecule has 1 aliphatic carbocycles. The number of carbonyl (C=O) groups excluding carboxylic acids is 1. The summed E-state index contributed by atoms with van der Waals surface area (Å²) in [5.41, 5.74) is 6.52. The quantitative estimate of drug-likeness (QED) is 0.824. The van der Waals surface area contributed by atoms with Crippen LogP contribution in [0, 0.1) is 17.7 Å². The maximum atomic E-state index is 13.1. The molecule has 2 atom stereocenters. The second kappa shape index (κ2) is 6.15. The van der Waals surface area contributed by atoms with Crippen LogP contribution in [0.15, 0.2) is 24.3 Å². The Morgan fingerprint density at radius 2 is 2.26 bits per heavy atom. The van der Waals surface area contributed by atoms with Crippen LogP contribution in [-0.2, 0) is 11.2 Å². The van der Waals surface area contributed by atoms with Crippen molar-refractivity contribution in [1.82, 2.24) is 5.32 Å². The van der Waals surface area contributed by atoms with E-state index in [0.29, 0.717) is 18.9 Å². The highest BCUT2D eigenvalue weighted by molar-refractivity contribution is 5.79. The first-order valence-corrected chi connectivity index (χ1v) is 6.85. The lowest BCUT2D eigenvalue weighted by Gasteiger charge is -2.19. The van der Waals surface area contributed by atoms with Gasteiger partial charge in [-0.05, 0) is 42.9 Å². The second-order valence-corrected chi connectivity index (χ2v) is 5.42. The minimum Gasteiger partial charge on any atom is -0.352 e. The van der Waals surface area contributed by atoms with Gasteiger partial charge in [-0.25, -0.2) is 4.39 Å². The molecule has 1 aromatic carbocycles. The van der Waals surface area contributed by atoms with Crippen molar-refractivity contribution in [3.05, 3.63) is 35.6 Å². The van der Waals surface area contributed by atoms with Crippen molar-refractivity contribution < 1.29 is 9.18 Å². The van der Waals surface area contributed by atoms with E-state index in [1.807, 2.05) is 13.0 Å². The van der Waals surface area contributed by atoms with Gasteiger partial charge >= 0.3 is 0 Å². The molecule has 1 saturated carbocycles. The molecular weight excluding hydrogens is 243 g/mol. The SMILES string of the molecule is CC(Cc1cccc(F)c1)C(=O)NC(CN)C1CC1. The summed E-state index contributed by atoms with van der Waals surface area (Å²) in [4.78, 5) is 12.1. The highest BCUT2D eigenvalue weighted by atomic mass is 19.1. The second-order valence-electron chi connectivity index (χ2n) is 5.42. The Morgan fingerprint density at radius 3 is 2.84 bits per heavy atom. The molecule has 0 saturated heterocycles. The summed E-state index contributed by atoms with van der Waals surface area (Å²) in [6.45, 7) is 2.35. The molecule has 0 bridgehead atoms. The van der Waals surface area contributed by atoms with Crippen LogP contribution in [0.1, 0.15) is 25.3 Å². The Kier molecular flexibility index (Phi) is 4.53. The van der Waals surface area contributed by atoms with Gasteiger partial charge in [0.05, 0.1) is 0 Å². The van der Waals surface area contributed by atoms with Crippen LogP contribution in [-0.4, -0.2) is 18.5 Å². The number of carbonyl (C=O) groups is 1. The fraction of sp³-hybridized carbons (Fsp3) is 0.533. The first-order chi connectivity index (χ1) is 9.10. The molecule has 3 nitrogen and oxygen atoms in total. The average Bonchev–Trinajstić information content (AvgIpc) is 3.19. The third kappa shape index (κ3) is 4.03. The maximum absolute atomic E-state index is 13.1. The van der Waals surface area contributed by atoms with Crippen LogP contribution in [0.25, 0.3) is 0 Å². The zero-order valence-corrected chi connectivity index (χ0v) is 11.2. The van der Waals surface area contributed by atoms with Crippen molar-refractivity contribution in [3.8, 4) is 0 Å². The van der Waals surface area contributed by atoms with E-state index in [9.17, 15) is 9.18 Å². The van der Waals surface area contributed by atoms with E-state index >= 15 is 0 Å². The van der Waals surface area contributed by atoms with Crippen LogP contribution in [0.3, 0.4) is 0 Å². The number of benzene rings is 1. The Morgan fingerprint density at radius 1 is 1.53 bits per heavy atom. The molecule has 4 heteroatoms. The number of nitrogens with two attached hydrogens (primary N) is 1. The highest BCUT2D eigenvalue weighted by Gasteiger charge is 2.32. The third-order valence-corrected chi connectivity index (χ3v) is 3.65. The first-order valence-electron chi connectivity index (χ1n) is 6.85. The van der Waals surface area contributed by atoms with E-state index in [0.717, 1.165) is 18.4 Å². The van der Waals surface area contributed by atoms with Crippen LogP contribution < -0.4 is 11.1 Å². The molecule has 104 valence electrons. The zero-order valence-electron chi connectivity index (χ0n) is 11.2. The Labute approximate surface area is 113 Å². The van der Waals surface area contributed by atoms with Crippen LogP contribution in [0.5, 0.6) is 0 Å².